The van der Waals surface area contributed by atoms with Gasteiger partial charge in [0.2, 0.25) is 5.91 Å². The van der Waals surface area contributed by atoms with Crippen molar-refractivity contribution in [2.45, 2.75) is 51.4 Å². The van der Waals surface area contributed by atoms with Gasteiger partial charge in [-0.15, -0.1) is 0 Å². The summed E-state index contributed by atoms with van der Waals surface area (Å²) in [4.78, 5) is 26.1. The number of hydrogen-bond acceptors (Lipinski definition) is 2. The van der Waals surface area contributed by atoms with E-state index >= 15 is 0 Å². The lowest BCUT2D eigenvalue weighted by Crippen LogP contribution is -2.34. The minimum atomic E-state index is -0.765. The first-order chi connectivity index (χ1) is 16.5. The Morgan fingerprint density at radius 3 is 2.03 bits per heavy atom. The first-order valence-corrected chi connectivity index (χ1v) is 12.2. The molecule has 3 rings (SSSR count). The summed E-state index contributed by atoms with van der Waals surface area (Å²) >= 11 is 0. The van der Waals surface area contributed by atoms with Gasteiger partial charge in [-0.1, -0.05) is 91.9 Å². The average molecular weight is 458 g/mol. The van der Waals surface area contributed by atoms with Crippen LogP contribution in [0.4, 0.5) is 0 Å². The standard InChI is InChI=1S/C30H35NO3/c1-2-20-31(21-19-24-9-5-3-6-10-24)29(32)23-26-15-13-25(14-16-26)22-28(17-18-30(33)34)27-11-7-4-8-12-27/h3-16,28H,2,17-23H2,1H3,(H,33,34). The molecular formula is C30H35NO3. The molecule has 1 atom stereocenters. The second kappa shape index (κ2) is 13.3. The van der Waals surface area contributed by atoms with Crippen molar-refractivity contribution in [1.82, 2.24) is 4.90 Å². The van der Waals surface area contributed by atoms with Crippen molar-refractivity contribution in [2.75, 3.05) is 13.1 Å². The molecule has 178 valence electrons. The van der Waals surface area contributed by atoms with Gasteiger partial charge in [0.25, 0.3) is 0 Å². The van der Waals surface area contributed by atoms with Crippen LogP contribution in [-0.2, 0) is 28.9 Å². The van der Waals surface area contributed by atoms with Gasteiger partial charge >= 0.3 is 5.97 Å². The third kappa shape index (κ3) is 8.18. The minimum Gasteiger partial charge on any atom is -0.481 e. The highest BCUT2D eigenvalue weighted by Crippen LogP contribution is 2.26. The fraction of sp³-hybridized carbons (Fsp3) is 0.333. The van der Waals surface area contributed by atoms with Gasteiger partial charge in [-0.05, 0) is 53.9 Å². The molecule has 4 heteroatoms. The predicted molar refractivity (Wildman–Crippen MR) is 137 cm³/mol. The maximum absolute atomic E-state index is 13.0. The van der Waals surface area contributed by atoms with Gasteiger partial charge in [-0.2, -0.15) is 0 Å². The average Bonchev–Trinajstić information content (AvgIpc) is 2.86. The summed E-state index contributed by atoms with van der Waals surface area (Å²) in [6.45, 7) is 3.61. The Balaban J connectivity index is 1.60. The highest BCUT2D eigenvalue weighted by atomic mass is 16.4. The number of carboxylic acids is 1. The number of carbonyl (C=O) groups is 2. The van der Waals surface area contributed by atoms with Crippen LogP contribution < -0.4 is 0 Å². The number of carboxylic acid groups (broad SMARTS) is 1. The number of rotatable bonds is 13. The van der Waals surface area contributed by atoms with Crippen molar-refractivity contribution in [3.05, 3.63) is 107 Å². The van der Waals surface area contributed by atoms with Crippen LogP contribution >= 0.6 is 0 Å². The second-order valence-corrected chi connectivity index (χ2v) is 8.85. The predicted octanol–water partition coefficient (Wildman–Crippen LogP) is 5.90. The summed E-state index contributed by atoms with van der Waals surface area (Å²) in [5.41, 5.74) is 4.58. The van der Waals surface area contributed by atoms with E-state index in [9.17, 15) is 9.59 Å². The Bertz CT molecular complexity index is 1020. The van der Waals surface area contributed by atoms with Gasteiger partial charge in [0.1, 0.15) is 0 Å². The molecule has 3 aromatic carbocycles. The molecule has 0 fully saturated rings. The van der Waals surface area contributed by atoms with Crippen LogP contribution in [0, 0.1) is 0 Å². The molecule has 0 bridgehead atoms. The van der Waals surface area contributed by atoms with Gasteiger partial charge in [0.15, 0.2) is 0 Å². The van der Waals surface area contributed by atoms with Crippen molar-refractivity contribution < 1.29 is 14.7 Å². The molecule has 1 N–H and O–H groups in total. The molecule has 3 aromatic rings. The van der Waals surface area contributed by atoms with Crippen LogP contribution in [0.25, 0.3) is 0 Å². The molecule has 0 saturated heterocycles. The molecule has 0 aliphatic carbocycles. The summed E-state index contributed by atoms with van der Waals surface area (Å²) in [5.74, 6) is -0.448. The van der Waals surface area contributed by atoms with E-state index in [4.69, 9.17) is 5.11 Å². The first kappa shape index (κ1) is 25.2. The van der Waals surface area contributed by atoms with Crippen LogP contribution in [0.15, 0.2) is 84.9 Å². The maximum Gasteiger partial charge on any atom is 0.303 e. The molecule has 0 aromatic heterocycles. The third-order valence-electron chi connectivity index (χ3n) is 6.20. The van der Waals surface area contributed by atoms with Gasteiger partial charge in [0, 0.05) is 19.5 Å². The van der Waals surface area contributed by atoms with E-state index in [1.54, 1.807) is 0 Å². The van der Waals surface area contributed by atoms with Crippen molar-refractivity contribution in [3.63, 3.8) is 0 Å². The monoisotopic (exact) mass is 457 g/mol. The van der Waals surface area contributed by atoms with E-state index in [1.807, 2.05) is 53.4 Å². The molecule has 0 aliphatic heterocycles. The van der Waals surface area contributed by atoms with Crippen LogP contribution in [-0.4, -0.2) is 35.0 Å². The summed E-state index contributed by atoms with van der Waals surface area (Å²) in [5, 5.41) is 9.15. The fourth-order valence-electron chi connectivity index (χ4n) is 4.31. The Morgan fingerprint density at radius 1 is 0.794 bits per heavy atom. The fourth-order valence-corrected chi connectivity index (χ4v) is 4.31. The van der Waals surface area contributed by atoms with Gasteiger partial charge in [0.05, 0.1) is 6.42 Å². The van der Waals surface area contributed by atoms with Gasteiger partial charge < -0.3 is 10.0 Å². The summed E-state index contributed by atoms with van der Waals surface area (Å²) in [7, 11) is 0. The SMILES string of the molecule is CCCN(CCc1ccccc1)C(=O)Cc1ccc(CC(CCC(=O)O)c2ccccc2)cc1. The minimum absolute atomic E-state index is 0.155. The first-order valence-electron chi connectivity index (χ1n) is 12.2. The van der Waals surface area contributed by atoms with E-state index in [0.29, 0.717) is 12.8 Å². The van der Waals surface area contributed by atoms with Crippen molar-refractivity contribution in [2.24, 2.45) is 0 Å². The highest BCUT2D eigenvalue weighted by molar-refractivity contribution is 5.78. The van der Waals surface area contributed by atoms with E-state index in [2.05, 4.69) is 43.3 Å². The Labute approximate surface area is 203 Å². The quantitative estimate of drug-likeness (QED) is 0.348. The number of nitrogens with zero attached hydrogens (tertiary/aromatic N) is 1. The lowest BCUT2D eigenvalue weighted by atomic mass is 9.88. The zero-order valence-electron chi connectivity index (χ0n) is 20.0. The van der Waals surface area contributed by atoms with Crippen LogP contribution in [0.3, 0.4) is 0 Å². The number of benzene rings is 3. The smallest absolute Gasteiger partial charge is 0.303 e. The number of amides is 1. The highest BCUT2D eigenvalue weighted by Gasteiger charge is 2.16. The number of hydrogen-bond donors (Lipinski definition) is 1. The van der Waals surface area contributed by atoms with E-state index in [1.165, 1.54) is 5.56 Å². The molecule has 0 aliphatic rings. The molecule has 0 saturated carbocycles. The summed E-state index contributed by atoms with van der Waals surface area (Å²) in [6.07, 6.45) is 3.75. The Kier molecular flexibility index (Phi) is 9.90. The third-order valence-corrected chi connectivity index (χ3v) is 6.20. The number of carbonyl (C=O) groups excluding carboxylic acids is 1. The second-order valence-electron chi connectivity index (χ2n) is 8.85. The zero-order chi connectivity index (χ0) is 24.2. The van der Waals surface area contributed by atoms with E-state index in [-0.39, 0.29) is 18.2 Å². The van der Waals surface area contributed by atoms with Crippen LogP contribution in [0.1, 0.15) is 54.4 Å². The van der Waals surface area contributed by atoms with Crippen LogP contribution in [0.2, 0.25) is 0 Å². The summed E-state index contributed by atoms with van der Waals surface area (Å²) in [6, 6.07) is 28.6. The summed E-state index contributed by atoms with van der Waals surface area (Å²) < 4.78 is 0. The molecule has 4 nitrogen and oxygen atoms in total. The lowest BCUT2D eigenvalue weighted by Gasteiger charge is -2.22. The van der Waals surface area contributed by atoms with Gasteiger partial charge in [-0.25, -0.2) is 0 Å². The van der Waals surface area contributed by atoms with Crippen LogP contribution in [0.5, 0.6) is 0 Å². The molecule has 34 heavy (non-hydrogen) atoms. The van der Waals surface area contributed by atoms with E-state index in [0.717, 1.165) is 49.0 Å². The molecule has 1 unspecified atom stereocenters. The molecule has 1 amide bonds. The topological polar surface area (TPSA) is 57.6 Å². The largest absolute Gasteiger partial charge is 0.481 e. The van der Waals surface area contributed by atoms with Crippen molar-refractivity contribution >= 4 is 11.9 Å². The van der Waals surface area contributed by atoms with E-state index < -0.39 is 5.97 Å². The normalized spacial score (nSPS) is 11.7. The zero-order valence-corrected chi connectivity index (χ0v) is 20.0. The molecule has 0 heterocycles. The molecule has 0 radical (unpaired) electrons. The molecule has 0 spiro atoms. The Hall–Kier alpha value is -3.40. The lowest BCUT2D eigenvalue weighted by molar-refractivity contribution is -0.137. The van der Waals surface area contributed by atoms with Gasteiger partial charge in [-0.3, -0.25) is 9.59 Å². The van der Waals surface area contributed by atoms with Crippen molar-refractivity contribution in [3.8, 4) is 0 Å². The Morgan fingerprint density at radius 2 is 1.41 bits per heavy atom. The van der Waals surface area contributed by atoms with Crippen molar-refractivity contribution in [1.29, 1.82) is 0 Å². The maximum atomic E-state index is 13.0. The molecular weight excluding hydrogens is 422 g/mol. The number of aliphatic carboxylic acids is 1.